The van der Waals surface area contributed by atoms with Gasteiger partial charge in [0.1, 0.15) is 11.6 Å². The summed E-state index contributed by atoms with van der Waals surface area (Å²) in [7, 11) is 1.35. The van der Waals surface area contributed by atoms with Crippen LogP contribution in [-0.2, 0) is 20.7 Å². The van der Waals surface area contributed by atoms with Crippen LogP contribution in [0.25, 0.3) is 0 Å². The number of benzene rings is 2. The molecule has 9 heteroatoms. The fraction of sp³-hybridized carbons (Fsp3) is 0.222. The van der Waals surface area contributed by atoms with Gasteiger partial charge in [0.2, 0.25) is 0 Å². The summed E-state index contributed by atoms with van der Waals surface area (Å²) in [6, 6.07) is 9.44. The van der Waals surface area contributed by atoms with Crippen LogP contribution in [0.15, 0.2) is 42.5 Å². The van der Waals surface area contributed by atoms with E-state index in [0.717, 1.165) is 11.6 Å². The lowest BCUT2D eigenvalue weighted by molar-refractivity contribution is -0.384. The zero-order valence-corrected chi connectivity index (χ0v) is 14.4. The van der Waals surface area contributed by atoms with Gasteiger partial charge >= 0.3 is 5.97 Å². The maximum atomic E-state index is 12.8. The second kappa shape index (κ2) is 9.27. The Kier molecular flexibility index (Phi) is 6.81. The van der Waals surface area contributed by atoms with Crippen LogP contribution in [0.3, 0.4) is 0 Å². The van der Waals surface area contributed by atoms with Gasteiger partial charge in [-0.2, -0.15) is 0 Å². The molecule has 27 heavy (non-hydrogen) atoms. The number of nitrogens with zero attached hydrogens (tertiary/aromatic N) is 1. The van der Waals surface area contributed by atoms with Crippen molar-refractivity contribution in [1.82, 2.24) is 0 Å². The summed E-state index contributed by atoms with van der Waals surface area (Å²) in [6.45, 7) is -0.548. The number of non-ortho nitro benzene ring substituents is 1. The molecule has 0 heterocycles. The molecule has 2 aromatic rings. The van der Waals surface area contributed by atoms with Gasteiger partial charge in [-0.25, -0.2) is 4.39 Å². The van der Waals surface area contributed by atoms with E-state index in [2.05, 4.69) is 5.32 Å². The Hall–Kier alpha value is -3.49. The molecule has 0 saturated heterocycles. The van der Waals surface area contributed by atoms with E-state index >= 15 is 0 Å². The molecule has 2 aromatic carbocycles. The molecule has 0 spiro atoms. The van der Waals surface area contributed by atoms with Gasteiger partial charge in [-0.05, 0) is 30.2 Å². The molecular weight excluding hydrogens is 359 g/mol. The maximum absolute atomic E-state index is 12.8. The number of carbonyl (C=O) groups excluding carboxylic acids is 2. The number of amides is 1. The molecule has 0 unspecified atom stereocenters. The predicted octanol–water partition coefficient (Wildman–Crippen LogP) is 2.86. The lowest BCUT2D eigenvalue weighted by Crippen LogP contribution is -2.21. The van der Waals surface area contributed by atoms with Crippen molar-refractivity contribution in [3.8, 4) is 5.75 Å². The number of anilines is 1. The second-order valence-electron chi connectivity index (χ2n) is 5.48. The van der Waals surface area contributed by atoms with E-state index in [1.807, 2.05) is 0 Å². The molecule has 1 amide bonds. The Balaban J connectivity index is 1.85. The SMILES string of the molecule is COc1ccc([N+](=O)[O-])cc1NC(=O)COC(=O)CCc1ccc(F)cc1. The van der Waals surface area contributed by atoms with Crippen LogP contribution in [0.2, 0.25) is 0 Å². The Morgan fingerprint density at radius 3 is 2.52 bits per heavy atom. The van der Waals surface area contributed by atoms with Gasteiger partial charge in [-0.3, -0.25) is 19.7 Å². The van der Waals surface area contributed by atoms with Crippen LogP contribution >= 0.6 is 0 Å². The number of nitro groups is 1. The molecule has 0 bridgehead atoms. The second-order valence-corrected chi connectivity index (χ2v) is 5.48. The zero-order valence-electron chi connectivity index (χ0n) is 14.4. The van der Waals surface area contributed by atoms with Crippen LogP contribution in [0, 0.1) is 15.9 Å². The fourth-order valence-corrected chi connectivity index (χ4v) is 2.21. The largest absolute Gasteiger partial charge is 0.495 e. The van der Waals surface area contributed by atoms with Crippen molar-refractivity contribution in [2.75, 3.05) is 19.0 Å². The highest BCUT2D eigenvalue weighted by molar-refractivity contribution is 5.94. The standard InChI is InChI=1S/C18H17FN2O6/c1-26-16-8-7-14(21(24)25)10-15(16)20-17(22)11-27-18(23)9-4-12-2-5-13(19)6-3-12/h2-3,5-8,10H,4,9,11H2,1H3,(H,20,22). The third-order valence-electron chi connectivity index (χ3n) is 3.56. The monoisotopic (exact) mass is 376 g/mol. The number of nitro benzene ring substituents is 1. The molecule has 0 radical (unpaired) electrons. The summed E-state index contributed by atoms with van der Waals surface area (Å²) in [5.74, 6) is -1.39. The maximum Gasteiger partial charge on any atom is 0.306 e. The van der Waals surface area contributed by atoms with Crippen LogP contribution in [0.5, 0.6) is 5.75 Å². The Morgan fingerprint density at radius 1 is 1.19 bits per heavy atom. The van der Waals surface area contributed by atoms with Crippen molar-refractivity contribution in [2.24, 2.45) is 0 Å². The molecule has 0 aliphatic carbocycles. The molecule has 8 nitrogen and oxygen atoms in total. The first kappa shape index (κ1) is 19.8. The molecule has 0 atom stereocenters. The number of nitrogens with one attached hydrogen (secondary N) is 1. The van der Waals surface area contributed by atoms with Gasteiger partial charge in [0.25, 0.3) is 11.6 Å². The van der Waals surface area contributed by atoms with Crippen molar-refractivity contribution in [3.05, 3.63) is 64.0 Å². The van der Waals surface area contributed by atoms with Crippen LogP contribution in [0.4, 0.5) is 15.8 Å². The third kappa shape index (κ3) is 6.07. The van der Waals surface area contributed by atoms with Crippen LogP contribution < -0.4 is 10.1 Å². The van der Waals surface area contributed by atoms with E-state index < -0.39 is 23.4 Å². The number of hydrogen-bond acceptors (Lipinski definition) is 6. The normalized spacial score (nSPS) is 10.1. The molecular formula is C18H17FN2O6. The number of halogens is 1. The van der Waals surface area contributed by atoms with Crippen LogP contribution in [0.1, 0.15) is 12.0 Å². The highest BCUT2D eigenvalue weighted by atomic mass is 19.1. The van der Waals surface area contributed by atoms with Crippen molar-refractivity contribution < 1.29 is 28.4 Å². The van der Waals surface area contributed by atoms with Gasteiger partial charge in [0, 0.05) is 18.6 Å². The number of esters is 1. The number of rotatable bonds is 8. The third-order valence-corrected chi connectivity index (χ3v) is 3.56. The van der Waals surface area contributed by atoms with E-state index in [-0.39, 0.29) is 29.4 Å². The molecule has 0 aliphatic heterocycles. The van der Waals surface area contributed by atoms with Crippen molar-refractivity contribution >= 4 is 23.3 Å². The first-order chi connectivity index (χ1) is 12.9. The summed E-state index contributed by atoms with van der Waals surface area (Å²) in [4.78, 5) is 33.9. The quantitative estimate of drug-likeness (QED) is 0.431. The summed E-state index contributed by atoms with van der Waals surface area (Å²) in [5, 5.41) is 13.2. The summed E-state index contributed by atoms with van der Waals surface area (Å²) >= 11 is 0. The molecule has 2 rings (SSSR count). The number of hydrogen-bond donors (Lipinski definition) is 1. The average molecular weight is 376 g/mol. The molecule has 0 fully saturated rings. The number of carbonyl (C=O) groups is 2. The number of ether oxygens (including phenoxy) is 2. The highest BCUT2D eigenvalue weighted by Crippen LogP contribution is 2.28. The lowest BCUT2D eigenvalue weighted by atomic mass is 10.1. The van der Waals surface area contributed by atoms with Crippen molar-refractivity contribution in [1.29, 1.82) is 0 Å². The molecule has 0 aromatic heterocycles. The van der Waals surface area contributed by atoms with Gasteiger partial charge in [-0.1, -0.05) is 12.1 Å². The fourth-order valence-electron chi connectivity index (χ4n) is 2.21. The average Bonchev–Trinajstić information content (AvgIpc) is 2.65. The zero-order chi connectivity index (χ0) is 19.8. The molecule has 0 aliphatic rings. The minimum absolute atomic E-state index is 0.0268. The Labute approximate surface area is 154 Å². The molecule has 142 valence electrons. The predicted molar refractivity (Wildman–Crippen MR) is 94.0 cm³/mol. The van der Waals surface area contributed by atoms with Gasteiger partial charge in [-0.15, -0.1) is 0 Å². The minimum Gasteiger partial charge on any atom is -0.495 e. The van der Waals surface area contributed by atoms with E-state index in [4.69, 9.17) is 9.47 Å². The van der Waals surface area contributed by atoms with Crippen molar-refractivity contribution in [3.63, 3.8) is 0 Å². The molecule has 0 saturated carbocycles. The number of aryl methyl sites for hydroxylation is 1. The smallest absolute Gasteiger partial charge is 0.306 e. The first-order valence-electron chi connectivity index (χ1n) is 7.91. The first-order valence-corrected chi connectivity index (χ1v) is 7.91. The topological polar surface area (TPSA) is 108 Å². The Bertz CT molecular complexity index is 838. The number of methoxy groups -OCH3 is 1. The summed E-state index contributed by atoms with van der Waals surface area (Å²) < 4.78 is 22.7. The lowest BCUT2D eigenvalue weighted by Gasteiger charge is -2.10. The van der Waals surface area contributed by atoms with Gasteiger partial charge in [0.05, 0.1) is 17.7 Å². The highest BCUT2D eigenvalue weighted by Gasteiger charge is 2.15. The summed E-state index contributed by atoms with van der Waals surface area (Å²) in [5.41, 5.74) is 0.639. The Morgan fingerprint density at radius 2 is 1.89 bits per heavy atom. The van der Waals surface area contributed by atoms with Crippen LogP contribution in [-0.4, -0.2) is 30.5 Å². The van der Waals surface area contributed by atoms with E-state index in [1.165, 1.54) is 31.4 Å². The molecule has 1 N–H and O–H groups in total. The van der Waals surface area contributed by atoms with E-state index in [1.54, 1.807) is 12.1 Å². The van der Waals surface area contributed by atoms with Crippen molar-refractivity contribution in [2.45, 2.75) is 12.8 Å². The van der Waals surface area contributed by atoms with E-state index in [0.29, 0.717) is 6.42 Å². The minimum atomic E-state index is -0.663. The summed E-state index contributed by atoms with van der Waals surface area (Å²) in [6.07, 6.45) is 0.373. The van der Waals surface area contributed by atoms with Gasteiger partial charge in [0.15, 0.2) is 6.61 Å². The van der Waals surface area contributed by atoms with Gasteiger partial charge < -0.3 is 14.8 Å². The van der Waals surface area contributed by atoms with E-state index in [9.17, 15) is 24.1 Å².